The number of aromatic nitrogens is 2. The number of nitrogens with two attached hydrogens (primary N) is 1. The van der Waals surface area contributed by atoms with Crippen LogP contribution in [0.3, 0.4) is 0 Å². The summed E-state index contributed by atoms with van der Waals surface area (Å²) in [6.45, 7) is 3.62. The van der Waals surface area contributed by atoms with Gasteiger partial charge in [-0.1, -0.05) is 0 Å². The third kappa shape index (κ3) is 1.33. The summed E-state index contributed by atoms with van der Waals surface area (Å²) in [5.41, 5.74) is 8.79. The maximum Gasteiger partial charge on any atom is 0.142 e. The molecule has 74 valence electrons. The van der Waals surface area contributed by atoms with Crippen molar-refractivity contribution in [2.24, 2.45) is 0 Å². The van der Waals surface area contributed by atoms with Crippen LogP contribution in [0.4, 0.5) is 5.69 Å². The number of aryl methyl sites for hydroxylation is 1. The fourth-order valence-electron chi connectivity index (χ4n) is 1.58. The summed E-state index contributed by atoms with van der Waals surface area (Å²) >= 11 is 0. The van der Waals surface area contributed by atoms with Crippen LogP contribution in [0.2, 0.25) is 0 Å². The summed E-state index contributed by atoms with van der Waals surface area (Å²) in [7, 11) is 0. The average Bonchev–Trinajstić information content (AvgIpc) is 2.42. The molecule has 0 amide bonds. The molecular formula is C10H13N3O. The van der Waals surface area contributed by atoms with Gasteiger partial charge in [0.2, 0.25) is 0 Å². The van der Waals surface area contributed by atoms with Gasteiger partial charge in [0.25, 0.3) is 0 Å². The Hall–Kier alpha value is -1.55. The van der Waals surface area contributed by atoms with Crippen LogP contribution in [-0.2, 0) is 0 Å². The van der Waals surface area contributed by atoms with E-state index >= 15 is 0 Å². The van der Waals surface area contributed by atoms with Crippen LogP contribution in [0.5, 0.6) is 0 Å². The first-order chi connectivity index (χ1) is 6.58. The normalized spacial score (nSPS) is 13.4. The SMILES string of the molecule is Cc1cn2cc(N)cc(C(C)O)c2n1. The molecule has 14 heavy (non-hydrogen) atoms. The van der Waals surface area contributed by atoms with Gasteiger partial charge in [0, 0.05) is 23.6 Å². The first-order valence-electron chi connectivity index (χ1n) is 4.50. The zero-order chi connectivity index (χ0) is 10.3. The van der Waals surface area contributed by atoms with Crippen molar-refractivity contribution in [1.82, 2.24) is 9.38 Å². The van der Waals surface area contributed by atoms with Crippen LogP contribution >= 0.6 is 0 Å². The molecule has 0 aliphatic rings. The number of fused-ring (bicyclic) bond motifs is 1. The molecule has 1 unspecified atom stereocenters. The maximum absolute atomic E-state index is 9.55. The smallest absolute Gasteiger partial charge is 0.142 e. The predicted molar refractivity (Wildman–Crippen MR) is 55.0 cm³/mol. The minimum absolute atomic E-state index is 0.553. The number of nitrogen functional groups attached to an aromatic ring is 1. The molecule has 4 heteroatoms. The van der Waals surface area contributed by atoms with Gasteiger partial charge in [-0.05, 0) is 19.9 Å². The summed E-state index contributed by atoms with van der Waals surface area (Å²) in [5.74, 6) is 0. The lowest BCUT2D eigenvalue weighted by molar-refractivity contribution is 0.200. The number of aliphatic hydroxyl groups excluding tert-OH is 1. The van der Waals surface area contributed by atoms with Crippen molar-refractivity contribution in [3.05, 3.63) is 29.7 Å². The molecule has 0 aromatic carbocycles. The number of nitrogens with zero attached hydrogens (tertiary/aromatic N) is 2. The van der Waals surface area contributed by atoms with Gasteiger partial charge >= 0.3 is 0 Å². The van der Waals surface area contributed by atoms with Gasteiger partial charge in [0.05, 0.1) is 11.8 Å². The molecular weight excluding hydrogens is 178 g/mol. The number of rotatable bonds is 1. The van der Waals surface area contributed by atoms with Crippen molar-refractivity contribution in [1.29, 1.82) is 0 Å². The standard InChI is InChI=1S/C10H13N3O/c1-6-4-13-5-8(11)3-9(7(2)14)10(13)12-6/h3-5,7,14H,11H2,1-2H3. The summed E-state index contributed by atoms with van der Waals surface area (Å²) < 4.78 is 1.84. The zero-order valence-electron chi connectivity index (χ0n) is 8.23. The molecule has 2 aromatic heterocycles. The van der Waals surface area contributed by atoms with Crippen LogP contribution in [0.25, 0.3) is 5.65 Å². The topological polar surface area (TPSA) is 63.5 Å². The van der Waals surface area contributed by atoms with E-state index in [0.717, 1.165) is 16.9 Å². The van der Waals surface area contributed by atoms with Gasteiger partial charge in [-0.3, -0.25) is 0 Å². The number of hydrogen-bond acceptors (Lipinski definition) is 3. The highest BCUT2D eigenvalue weighted by Crippen LogP contribution is 2.21. The first-order valence-corrected chi connectivity index (χ1v) is 4.50. The summed E-state index contributed by atoms with van der Waals surface area (Å²) in [6, 6.07) is 1.76. The van der Waals surface area contributed by atoms with Crippen LogP contribution in [0.15, 0.2) is 18.5 Å². The lowest BCUT2D eigenvalue weighted by atomic mass is 10.1. The quantitative estimate of drug-likeness (QED) is 0.713. The molecule has 0 radical (unpaired) electrons. The van der Waals surface area contributed by atoms with Crippen molar-refractivity contribution >= 4 is 11.3 Å². The van der Waals surface area contributed by atoms with E-state index in [2.05, 4.69) is 4.98 Å². The Morgan fingerprint density at radius 2 is 2.21 bits per heavy atom. The molecule has 0 spiro atoms. The van der Waals surface area contributed by atoms with E-state index in [0.29, 0.717) is 5.69 Å². The van der Waals surface area contributed by atoms with Crippen molar-refractivity contribution in [2.75, 3.05) is 5.73 Å². The van der Waals surface area contributed by atoms with Crippen LogP contribution < -0.4 is 5.73 Å². The van der Waals surface area contributed by atoms with Crippen molar-refractivity contribution < 1.29 is 5.11 Å². The molecule has 1 atom stereocenters. The number of pyridine rings is 1. The van der Waals surface area contributed by atoms with Crippen LogP contribution in [-0.4, -0.2) is 14.5 Å². The Morgan fingerprint density at radius 3 is 2.86 bits per heavy atom. The van der Waals surface area contributed by atoms with E-state index in [1.807, 2.05) is 17.5 Å². The average molecular weight is 191 g/mol. The minimum atomic E-state index is -0.553. The highest BCUT2D eigenvalue weighted by Gasteiger charge is 2.10. The lowest BCUT2D eigenvalue weighted by Gasteiger charge is -2.07. The molecule has 0 saturated heterocycles. The van der Waals surface area contributed by atoms with Gasteiger partial charge in [-0.2, -0.15) is 0 Å². The third-order valence-electron chi connectivity index (χ3n) is 2.17. The molecule has 0 aliphatic carbocycles. The Morgan fingerprint density at radius 1 is 1.50 bits per heavy atom. The monoisotopic (exact) mass is 191 g/mol. The zero-order valence-corrected chi connectivity index (χ0v) is 8.23. The van der Waals surface area contributed by atoms with E-state index in [-0.39, 0.29) is 0 Å². The molecule has 2 aromatic rings. The van der Waals surface area contributed by atoms with E-state index in [1.165, 1.54) is 0 Å². The van der Waals surface area contributed by atoms with Crippen molar-refractivity contribution in [3.63, 3.8) is 0 Å². The van der Waals surface area contributed by atoms with E-state index in [4.69, 9.17) is 5.73 Å². The summed E-state index contributed by atoms with van der Waals surface area (Å²) in [6.07, 6.45) is 3.13. The van der Waals surface area contributed by atoms with E-state index in [9.17, 15) is 5.11 Å². The van der Waals surface area contributed by atoms with Crippen molar-refractivity contribution in [3.8, 4) is 0 Å². The second kappa shape index (κ2) is 2.99. The highest BCUT2D eigenvalue weighted by atomic mass is 16.3. The van der Waals surface area contributed by atoms with E-state index in [1.54, 1.807) is 19.2 Å². The maximum atomic E-state index is 9.55. The molecule has 0 bridgehead atoms. The first kappa shape index (κ1) is 9.02. The van der Waals surface area contributed by atoms with Gasteiger partial charge in [-0.15, -0.1) is 0 Å². The second-order valence-corrected chi connectivity index (χ2v) is 3.52. The van der Waals surface area contributed by atoms with Crippen LogP contribution in [0, 0.1) is 6.92 Å². The Balaban J connectivity index is 2.79. The number of aliphatic hydroxyl groups is 1. The highest BCUT2D eigenvalue weighted by molar-refractivity contribution is 5.56. The number of hydrogen-bond donors (Lipinski definition) is 2. The van der Waals surface area contributed by atoms with Crippen LogP contribution in [0.1, 0.15) is 24.3 Å². The molecule has 0 saturated carbocycles. The molecule has 4 nitrogen and oxygen atoms in total. The third-order valence-corrected chi connectivity index (χ3v) is 2.17. The molecule has 3 N–H and O–H groups in total. The molecule has 2 heterocycles. The fraction of sp³-hybridized carbons (Fsp3) is 0.300. The molecule has 0 fully saturated rings. The molecule has 2 rings (SSSR count). The lowest BCUT2D eigenvalue weighted by Crippen LogP contribution is -1.99. The summed E-state index contributed by atoms with van der Waals surface area (Å²) in [4.78, 5) is 4.32. The van der Waals surface area contributed by atoms with Gasteiger partial charge in [0.1, 0.15) is 5.65 Å². The van der Waals surface area contributed by atoms with Gasteiger partial charge in [-0.25, -0.2) is 4.98 Å². The second-order valence-electron chi connectivity index (χ2n) is 3.52. The van der Waals surface area contributed by atoms with Crippen molar-refractivity contribution in [2.45, 2.75) is 20.0 Å². The fourth-order valence-corrected chi connectivity index (χ4v) is 1.58. The Bertz CT molecular complexity index is 473. The molecule has 0 aliphatic heterocycles. The minimum Gasteiger partial charge on any atom is -0.398 e. The van der Waals surface area contributed by atoms with E-state index < -0.39 is 6.10 Å². The van der Waals surface area contributed by atoms with Gasteiger partial charge in [0.15, 0.2) is 0 Å². The predicted octanol–water partition coefficient (Wildman–Crippen LogP) is 1.28. The summed E-state index contributed by atoms with van der Waals surface area (Å²) in [5, 5.41) is 9.55. The Labute approximate surface area is 82.0 Å². The largest absolute Gasteiger partial charge is 0.398 e. The van der Waals surface area contributed by atoms with Gasteiger partial charge < -0.3 is 15.2 Å². The number of anilines is 1. The Kier molecular flexibility index (Phi) is 1.93. The number of imidazole rings is 1.